The van der Waals surface area contributed by atoms with E-state index in [1.165, 1.54) is 0 Å². The molecule has 0 radical (unpaired) electrons. The molecule has 0 unspecified atom stereocenters. The number of amides is 1. The van der Waals surface area contributed by atoms with Crippen molar-refractivity contribution >= 4 is 6.09 Å². The Bertz CT molecular complexity index is 224. The number of alkyl halides is 3. The number of nitrogens with one attached hydrogen (secondary N) is 1. The molecule has 1 fully saturated rings. The van der Waals surface area contributed by atoms with Crippen LogP contribution in [0.1, 0.15) is 32.1 Å². The second kappa shape index (κ2) is 4.72. The molecule has 1 saturated carbocycles. The van der Waals surface area contributed by atoms with Crippen molar-refractivity contribution in [2.75, 3.05) is 0 Å². The van der Waals surface area contributed by atoms with Crippen molar-refractivity contribution in [3.05, 3.63) is 0 Å². The summed E-state index contributed by atoms with van der Waals surface area (Å²) in [6.45, 7) is 0. The van der Waals surface area contributed by atoms with E-state index in [-0.39, 0.29) is 0 Å². The van der Waals surface area contributed by atoms with E-state index in [0.29, 0.717) is 12.8 Å². The summed E-state index contributed by atoms with van der Waals surface area (Å²) < 4.78 is 37.6. The van der Waals surface area contributed by atoms with Crippen molar-refractivity contribution < 1.29 is 23.1 Å². The largest absolute Gasteiger partial charge is 0.465 e. The third kappa shape index (κ3) is 3.60. The number of hydrogen-bond donors (Lipinski definition) is 2. The molecule has 1 aliphatic rings. The first-order chi connectivity index (χ1) is 6.91. The molecule has 88 valence electrons. The summed E-state index contributed by atoms with van der Waals surface area (Å²) in [5.41, 5.74) is 0. The normalized spacial score (nSPS) is 21.0. The molecule has 0 spiro atoms. The fourth-order valence-corrected chi connectivity index (χ4v) is 2.07. The van der Waals surface area contributed by atoms with Gasteiger partial charge in [0.05, 0.1) is 0 Å². The van der Waals surface area contributed by atoms with Gasteiger partial charge in [-0.05, 0) is 18.8 Å². The molecule has 6 heteroatoms. The number of halogens is 3. The standard InChI is InChI=1S/C9H14F3NO2/c10-9(11,12)7(13-8(14)15)6-4-2-1-3-5-6/h6-7,13H,1-5H2,(H,14,15)/t7-/m0/s1. The topological polar surface area (TPSA) is 49.3 Å². The van der Waals surface area contributed by atoms with Gasteiger partial charge in [0.1, 0.15) is 6.04 Å². The lowest BCUT2D eigenvalue weighted by atomic mass is 9.83. The zero-order chi connectivity index (χ0) is 11.5. The van der Waals surface area contributed by atoms with Crippen LogP contribution in [0.2, 0.25) is 0 Å². The lowest BCUT2D eigenvalue weighted by molar-refractivity contribution is -0.168. The van der Waals surface area contributed by atoms with Gasteiger partial charge in [0, 0.05) is 0 Å². The molecule has 1 atom stereocenters. The van der Waals surface area contributed by atoms with Gasteiger partial charge in [0.15, 0.2) is 0 Å². The Kier molecular flexibility index (Phi) is 3.82. The highest BCUT2D eigenvalue weighted by Crippen LogP contribution is 2.34. The Morgan fingerprint density at radius 3 is 2.20 bits per heavy atom. The van der Waals surface area contributed by atoms with E-state index in [2.05, 4.69) is 0 Å². The first kappa shape index (κ1) is 12.1. The fraction of sp³-hybridized carbons (Fsp3) is 0.889. The second-order valence-electron chi connectivity index (χ2n) is 3.87. The molecule has 0 aromatic carbocycles. The Morgan fingerprint density at radius 1 is 1.27 bits per heavy atom. The van der Waals surface area contributed by atoms with E-state index in [9.17, 15) is 18.0 Å². The maximum absolute atomic E-state index is 12.5. The van der Waals surface area contributed by atoms with Crippen molar-refractivity contribution in [1.29, 1.82) is 0 Å². The third-order valence-electron chi connectivity index (χ3n) is 2.75. The smallest absolute Gasteiger partial charge is 0.409 e. The predicted octanol–water partition coefficient (Wildman–Crippen LogP) is 2.77. The summed E-state index contributed by atoms with van der Waals surface area (Å²) in [4.78, 5) is 10.3. The highest BCUT2D eigenvalue weighted by atomic mass is 19.4. The molecular weight excluding hydrogens is 211 g/mol. The van der Waals surface area contributed by atoms with E-state index >= 15 is 0 Å². The summed E-state index contributed by atoms with van der Waals surface area (Å²) in [5, 5.41) is 9.95. The van der Waals surface area contributed by atoms with Crippen LogP contribution in [0.25, 0.3) is 0 Å². The van der Waals surface area contributed by atoms with E-state index in [1.54, 1.807) is 5.32 Å². The number of hydrogen-bond acceptors (Lipinski definition) is 1. The zero-order valence-corrected chi connectivity index (χ0v) is 8.18. The monoisotopic (exact) mass is 225 g/mol. The van der Waals surface area contributed by atoms with Crippen molar-refractivity contribution in [2.45, 2.75) is 44.3 Å². The summed E-state index contributed by atoms with van der Waals surface area (Å²) in [7, 11) is 0. The summed E-state index contributed by atoms with van der Waals surface area (Å²) in [6, 6.07) is -1.91. The van der Waals surface area contributed by atoms with Crippen LogP contribution in [0.5, 0.6) is 0 Å². The number of carboxylic acid groups (broad SMARTS) is 1. The van der Waals surface area contributed by atoms with Gasteiger partial charge < -0.3 is 10.4 Å². The van der Waals surface area contributed by atoms with Gasteiger partial charge in [-0.3, -0.25) is 0 Å². The molecule has 0 heterocycles. The van der Waals surface area contributed by atoms with E-state index in [4.69, 9.17) is 5.11 Å². The highest BCUT2D eigenvalue weighted by molar-refractivity contribution is 5.65. The van der Waals surface area contributed by atoms with Crippen molar-refractivity contribution in [3.63, 3.8) is 0 Å². The molecule has 0 aromatic heterocycles. The molecule has 0 saturated heterocycles. The summed E-state index contributed by atoms with van der Waals surface area (Å²) in [5.74, 6) is -0.602. The molecular formula is C9H14F3NO2. The lowest BCUT2D eigenvalue weighted by Crippen LogP contribution is -2.50. The van der Waals surface area contributed by atoms with Gasteiger partial charge in [0.25, 0.3) is 0 Å². The van der Waals surface area contributed by atoms with Gasteiger partial charge in [0.2, 0.25) is 0 Å². The minimum absolute atomic E-state index is 0.449. The quantitative estimate of drug-likeness (QED) is 0.759. The van der Waals surface area contributed by atoms with Crippen LogP contribution in [-0.4, -0.2) is 23.4 Å². The molecule has 0 aromatic rings. The number of rotatable bonds is 2. The zero-order valence-electron chi connectivity index (χ0n) is 8.18. The van der Waals surface area contributed by atoms with Crippen LogP contribution in [-0.2, 0) is 0 Å². The van der Waals surface area contributed by atoms with Gasteiger partial charge in [-0.2, -0.15) is 13.2 Å². The molecule has 1 amide bonds. The van der Waals surface area contributed by atoms with Crippen molar-refractivity contribution in [2.24, 2.45) is 5.92 Å². The third-order valence-corrected chi connectivity index (χ3v) is 2.75. The van der Waals surface area contributed by atoms with Crippen LogP contribution in [0.15, 0.2) is 0 Å². The molecule has 15 heavy (non-hydrogen) atoms. The Morgan fingerprint density at radius 2 is 1.80 bits per heavy atom. The maximum atomic E-state index is 12.5. The SMILES string of the molecule is O=C(O)N[C@@H](C1CCCCC1)C(F)(F)F. The molecule has 1 aliphatic carbocycles. The van der Waals surface area contributed by atoms with Crippen LogP contribution in [0.4, 0.5) is 18.0 Å². The molecule has 2 N–H and O–H groups in total. The van der Waals surface area contributed by atoms with E-state index in [0.717, 1.165) is 19.3 Å². The Labute approximate surface area is 85.7 Å². The van der Waals surface area contributed by atoms with Crippen molar-refractivity contribution in [1.82, 2.24) is 5.32 Å². The second-order valence-corrected chi connectivity index (χ2v) is 3.87. The lowest BCUT2D eigenvalue weighted by Gasteiger charge is -2.31. The minimum atomic E-state index is -4.49. The van der Waals surface area contributed by atoms with Gasteiger partial charge in [-0.15, -0.1) is 0 Å². The Hall–Kier alpha value is -0.940. The van der Waals surface area contributed by atoms with Gasteiger partial charge in [-0.1, -0.05) is 19.3 Å². The van der Waals surface area contributed by atoms with Crippen LogP contribution >= 0.6 is 0 Å². The van der Waals surface area contributed by atoms with Gasteiger partial charge in [-0.25, -0.2) is 4.79 Å². The minimum Gasteiger partial charge on any atom is -0.465 e. The van der Waals surface area contributed by atoms with E-state index < -0.39 is 24.2 Å². The first-order valence-electron chi connectivity index (χ1n) is 4.97. The average molecular weight is 225 g/mol. The molecule has 1 rings (SSSR count). The average Bonchev–Trinajstić information content (AvgIpc) is 2.14. The summed E-state index contributed by atoms with van der Waals surface area (Å²) >= 11 is 0. The first-order valence-corrected chi connectivity index (χ1v) is 4.97. The molecule has 0 aliphatic heterocycles. The van der Waals surface area contributed by atoms with Crippen LogP contribution in [0.3, 0.4) is 0 Å². The number of carbonyl (C=O) groups is 1. The van der Waals surface area contributed by atoms with Crippen LogP contribution < -0.4 is 5.32 Å². The maximum Gasteiger partial charge on any atom is 0.409 e. The summed E-state index contributed by atoms with van der Waals surface area (Å²) in [6.07, 6.45) is -2.76. The predicted molar refractivity (Wildman–Crippen MR) is 47.6 cm³/mol. The highest BCUT2D eigenvalue weighted by Gasteiger charge is 2.45. The van der Waals surface area contributed by atoms with Gasteiger partial charge >= 0.3 is 12.3 Å². The molecule has 3 nitrogen and oxygen atoms in total. The van der Waals surface area contributed by atoms with E-state index in [1.807, 2.05) is 0 Å². The Balaban J connectivity index is 2.66. The molecule has 0 bridgehead atoms. The van der Waals surface area contributed by atoms with Crippen LogP contribution in [0, 0.1) is 5.92 Å². The fourth-order valence-electron chi connectivity index (χ4n) is 2.07. The van der Waals surface area contributed by atoms with Crippen molar-refractivity contribution in [3.8, 4) is 0 Å².